The van der Waals surface area contributed by atoms with Gasteiger partial charge in [-0.25, -0.2) is 17.8 Å². The van der Waals surface area contributed by atoms with Gasteiger partial charge in [0.2, 0.25) is 16.0 Å². The summed E-state index contributed by atoms with van der Waals surface area (Å²) in [5.41, 5.74) is 2.98. The number of hydrogen-bond donors (Lipinski definition) is 2. The summed E-state index contributed by atoms with van der Waals surface area (Å²) in [6.07, 6.45) is 3.55. The zero-order valence-corrected chi connectivity index (χ0v) is 22.8. The van der Waals surface area contributed by atoms with Crippen LogP contribution >= 0.6 is 0 Å². The molecule has 2 aromatic carbocycles. The minimum atomic E-state index is -3.57. The molecule has 5 rings (SSSR count). The van der Waals surface area contributed by atoms with E-state index in [2.05, 4.69) is 36.9 Å². The molecule has 0 radical (unpaired) electrons. The summed E-state index contributed by atoms with van der Waals surface area (Å²) in [4.78, 5) is 13.3. The molecule has 1 saturated heterocycles. The molecule has 11 heteroatoms. The van der Waals surface area contributed by atoms with Gasteiger partial charge >= 0.3 is 0 Å². The SMILES string of the molecule is CN1CCN(c2ccc(Nc3ncc4ccn(-c5cccc(NS(=O)(=O)C(C)(C)C)c5)c4n3)cc2F)CC1. The number of halogens is 1. The normalized spacial score (nSPS) is 15.1. The van der Waals surface area contributed by atoms with Crippen molar-refractivity contribution >= 4 is 44.1 Å². The van der Waals surface area contributed by atoms with Crippen LogP contribution in [-0.4, -0.2) is 65.8 Å². The summed E-state index contributed by atoms with van der Waals surface area (Å²) in [6, 6.07) is 14.1. The summed E-state index contributed by atoms with van der Waals surface area (Å²) in [5, 5.41) is 3.92. The first-order chi connectivity index (χ1) is 18.0. The number of anilines is 4. The third-order valence-corrected chi connectivity index (χ3v) is 8.77. The molecule has 0 atom stereocenters. The number of sulfonamides is 1. The molecule has 1 fully saturated rings. The van der Waals surface area contributed by atoms with Crippen molar-refractivity contribution in [2.75, 3.05) is 48.2 Å². The molecule has 4 aromatic rings. The number of hydrogen-bond acceptors (Lipinski definition) is 7. The molecule has 2 aromatic heterocycles. The molecule has 3 heterocycles. The maximum Gasteiger partial charge on any atom is 0.237 e. The fourth-order valence-electron chi connectivity index (χ4n) is 4.23. The number of nitrogens with zero attached hydrogens (tertiary/aromatic N) is 5. The van der Waals surface area contributed by atoms with E-state index < -0.39 is 14.8 Å². The number of benzene rings is 2. The van der Waals surface area contributed by atoms with Crippen LogP contribution in [0.15, 0.2) is 60.9 Å². The minimum absolute atomic E-state index is 0.293. The average molecular weight is 538 g/mol. The van der Waals surface area contributed by atoms with E-state index >= 15 is 0 Å². The van der Waals surface area contributed by atoms with Gasteiger partial charge in [-0.1, -0.05) is 6.07 Å². The molecule has 2 N–H and O–H groups in total. The van der Waals surface area contributed by atoms with E-state index in [4.69, 9.17) is 0 Å². The van der Waals surface area contributed by atoms with Gasteiger partial charge in [0.1, 0.15) is 11.5 Å². The number of likely N-dealkylation sites (N-methyl/N-ethyl adjacent to an activating group) is 1. The van der Waals surface area contributed by atoms with E-state index in [-0.39, 0.29) is 5.82 Å². The molecule has 0 spiro atoms. The van der Waals surface area contributed by atoms with Gasteiger partial charge in [0.25, 0.3) is 0 Å². The van der Waals surface area contributed by atoms with Crippen molar-refractivity contribution in [2.24, 2.45) is 0 Å². The van der Waals surface area contributed by atoms with Gasteiger partial charge in [0, 0.05) is 55.3 Å². The molecule has 0 unspecified atom stereocenters. The van der Waals surface area contributed by atoms with Crippen LogP contribution in [0.25, 0.3) is 16.7 Å². The van der Waals surface area contributed by atoms with Crippen molar-refractivity contribution < 1.29 is 12.8 Å². The first-order valence-electron chi connectivity index (χ1n) is 12.5. The maximum atomic E-state index is 15.0. The van der Waals surface area contributed by atoms with Crippen molar-refractivity contribution in [2.45, 2.75) is 25.5 Å². The van der Waals surface area contributed by atoms with Crippen LogP contribution in [0.4, 0.5) is 27.4 Å². The van der Waals surface area contributed by atoms with Crippen LogP contribution in [0, 0.1) is 5.82 Å². The fourth-order valence-corrected chi connectivity index (χ4v) is 4.98. The van der Waals surface area contributed by atoms with Crippen LogP contribution < -0.4 is 14.9 Å². The summed E-state index contributed by atoms with van der Waals surface area (Å²) in [6.45, 7) is 8.32. The second-order valence-electron chi connectivity index (χ2n) is 10.5. The molecule has 38 heavy (non-hydrogen) atoms. The van der Waals surface area contributed by atoms with Crippen molar-refractivity contribution in [3.8, 4) is 5.69 Å². The minimum Gasteiger partial charge on any atom is -0.367 e. The Morgan fingerprint density at radius 2 is 1.74 bits per heavy atom. The number of nitrogens with one attached hydrogen (secondary N) is 2. The van der Waals surface area contributed by atoms with E-state index in [1.54, 1.807) is 51.2 Å². The third kappa shape index (κ3) is 5.30. The highest BCUT2D eigenvalue weighted by Gasteiger charge is 2.29. The smallest absolute Gasteiger partial charge is 0.237 e. The second kappa shape index (κ2) is 9.88. The Hall–Kier alpha value is -3.70. The van der Waals surface area contributed by atoms with Crippen molar-refractivity contribution in [3.05, 3.63) is 66.7 Å². The predicted octanol–water partition coefficient (Wildman–Crippen LogP) is 4.60. The molecule has 0 aliphatic carbocycles. The van der Waals surface area contributed by atoms with Gasteiger partial charge in [-0.05, 0) is 70.3 Å². The largest absolute Gasteiger partial charge is 0.367 e. The third-order valence-electron chi connectivity index (χ3n) is 6.66. The Bertz CT molecular complexity index is 1570. The van der Waals surface area contributed by atoms with Gasteiger partial charge < -0.3 is 19.7 Å². The van der Waals surface area contributed by atoms with Gasteiger partial charge in [0.05, 0.1) is 16.1 Å². The predicted molar refractivity (Wildman–Crippen MR) is 151 cm³/mol. The van der Waals surface area contributed by atoms with E-state index in [0.717, 1.165) is 37.3 Å². The highest BCUT2D eigenvalue weighted by Crippen LogP contribution is 2.27. The van der Waals surface area contributed by atoms with Gasteiger partial charge in [-0.3, -0.25) is 4.72 Å². The second-order valence-corrected chi connectivity index (χ2v) is 12.9. The Labute approximate surface area is 222 Å². The summed E-state index contributed by atoms with van der Waals surface area (Å²) in [7, 11) is -1.50. The Morgan fingerprint density at radius 3 is 2.45 bits per heavy atom. The Kier molecular flexibility index (Phi) is 6.74. The highest BCUT2D eigenvalue weighted by atomic mass is 32.2. The zero-order valence-electron chi connectivity index (χ0n) is 21.9. The van der Waals surface area contributed by atoms with Crippen LogP contribution in [-0.2, 0) is 10.0 Å². The van der Waals surface area contributed by atoms with Crippen molar-refractivity contribution in [3.63, 3.8) is 0 Å². The van der Waals surface area contributed by atoms with E-state index in [1.807, 2.05) is 29.0 Å². The lowest BCUT2D eigenvalue weighted by molar-refractivity contribution is 0.311. The lowest BCUT2D eigenvalue weighted by Gasteiger charge is -2.34. The van der Waals surface area contributed by atoms with Gasteiger partial charge in [0.15, 0.2) is 0 Å². The van der Waals surface area contributed by atoms with Crippen molar-refractivity contribution in [1.29, 1.82) is 0 Å². The zero-order chi connectivity index (χ0) is 27.1. The van der Waals surface area contributed by atoms with E-state index in [9.17, 15) is 12.8 Å². The number of piperazine rings is 1. The maximum absolute atomic E-state index is 15.0. The summed E-state index contributed by atoms with van der Waals surface area (Å²) in [5.74, 6) is 0.0346. The lowest BCUT2D eigenvalue weighted by Crippen LogP contribution is -2.44. The molecular weight excluding hydrogens is 505 g/mol. The molecule has 0 amide bonds. The molecule has 9 nitrogen and oxygen atoms in total. The topological polar surface area (TPSA) is 95.4 Å². The highest BCUT2D eigenvalue weighted by molar-refractivity contribution is 7.94. The lowest BCUT2D eigenvalue weighted by atomic mass is 10.2. The molecule has 200 valence electrons. The average Bonchev–Trinajstić information content (AvgIpc) is 3.27. The molecule has 0 saturated carbocycles. The molecule has 0 bridgehead atoms. The summed E-state index contributed by atoms with van der Waals surface area (Å²) < 4.78 is 43.8. The van der Waals surface area contributed by atoms with Crippen LogP contribution in [0.1, 0.15) is 20.8 Å². The first kappa shape index (κ1) is 25.9. The standard InChI is InChI=1S/C27H32FN7O2S/c1-27(2,3)38(36,37)32-21-6-5-7-22(16-21)35-11-10-19-18-29-26(31-25(19)35)30-20-8-9-24(23(28)17-20)34-14-12-33(4)13-15-34/h5-11,16-18,32H,12-15H2,1-4H3,(H,29,30,31). The van der Waals surface area contributed by atoms with Crippen LogP contribution in [0.3, 0.4) is 0 Å². The summed E-state index contributed by atoms with van der Waals surface area (Å²) >= 11 is 0. The quantitative estimate of drug-likeness (QED) is 0.371. The first-order valence-corrected chi connectivity index (χ1v) is 14.0. The Balaban J connectivity index is 1.39. The van der Waals surface area contributed by atoms with Crippen LogP contribution in [0.2, 0.25) is 0 Å². The van der Waals surface area contributed by atoms with E-state index in [0.29, 0.717) is 28.7 Å². The van der Waals surface area contributed by atoms with E-state index in [1.165, 1.54) is 6.07 Å². The molecule has 1 aliphatic heterocycles. The number of fused-ring (bicyclic) bond motifs is 1. The fraction of sp³-hybridized carbons (Fsp3) is 0.333. The van der Waals surface area contributed by atoms with Crippen LogP contribution in [0.5, 0.6) is 0 Å². The monoisotopic (exact) mass is 537 g/mol. The molecule has 1 aliphatic rings. The van der Waals surface area contributed by atoms with Crippen molar-refractivity contribution in [1.82, 2.24) is 19.4 Å². The molecular formula is C27H32FN7O2S. The van der Waals surface area contributed by atoms with Gasteiger partial charge in [-0.15, -0.1) is 0 Å². The van der Waals surface area contributed by atoms with Gasteiger partial charge in [-0.2, -0.15) is 4.98 Å². The number of rotatable bonds is 6. The number of aromatic nitrogens is 3. The Morgan fingerprint density at radius 1 is 0.974 bits per heavy atom.